The molecule has 2 rings (SSSR count). The lowest BCUT2D eigenvalue weighted by atomic mass is 10.1. The second kappa shape index (κ2) is 6.29. The van der Waals surface area contributed by atoms with Gasteiger partial charge in [-0.15, -0.1) is 5.10 Å². The van der Waals surface area contributed by atoms with Crippen LogP contribution in [0, 0.1) is 0 Å². The van der Waals surface area contributed by atoms with Crippen LogP contribution in [0.2, 0.25) is 0 Å². The van der Waals surface area contributed by atoms with Gasteiger partial charge in [-0.2, -0.15) is 0 Å². The maximum absolute atomic E-state index is 5.73. The number of ether oxygens (including phenoxy) is 1. The maximum Gasteiger partial charge on any atom is 0.0965 e. The van der Waals surface area contributed by atoms with Crippen LogP contribution in [0.4, 0.5) is 0 Å². The minimum Gasteiger partial charge on any atom is -0.377 e. The quantitative estimate of drug-likeness (QED) is 0.840. The molecule has 1 fully saturated rings. The lowest BCUT2D eigenvalue weighted by molar-refractivity contribution is 0.0763. The molecule has 2 heterocycles. The number of aromatic nitrogens is 3. The highest BCUT2D eigenvalue weighted by Gasteiger charge is 2.24. The van der Waals surface area contributed by atoms with E-state index in [9.17, 15) is 0 Å². The summed E-state index contributed by atoms with van der Waals surface area (Å²) in [5, 5.41) is 11.8. The van der Waals surface area contributed by atoms with E-state index in [1.54, 1.807) is 0 Å². The Labute approximate surface area is 109 Å². The molecule has 0 aliphatic carbocycles. The van der Waals surface area contributed by atoms with E-state index in [4.69, 9.17) is 4.74 Å². The topological polar surface area (TPSA) is 52.0 Å². The summed E-state index contributed by atoms with van der Waals surface area (Å²) in [4.78, 5) is 0. The average Bonchev–Trinajstić information content (AvgIpc) is 3.00. The van der Waals surface area contributed by atoms with Gasteiger partial charge in [0.1, 0.15) is 0 Å². The first-order valence-corrected chi connectivity index (χ1v) is 6.96. The fraction of sp³-hybridized carbons (Fsp3) is 0.846. The van der Waals surface area contributed by atoms with Crippen LogP contribution in [0.3, 0.4) is 0 Å². The van der Waals surface area contributed by atoms with E-state index >= 15 is 0 Å². The van der Waals surface area contributed by atoms with Gasteiger partial charge in [-0.05, 0) is 33.1 Å². The predicted molar refractivity (Wildman–Crippen MR) is 70.3 cm³/mol. The summed E-state index contributed by atoms with van der Waals surface area (Å²) in [5.74, 6) is 0. The molecule has 0 spiro atoms. The molecule has 5 nitrogen and oxygen atoms in total. The van der Waals surface area contributed by atoms with Gasteiger partial charge in [-0.25, -0.2) is 4.68 Å². The van der Waals surface area contributed by atoms with Crippen LogP contribution in [-0.4, -0.2) is 33.7 Å². The Morgan fingerprint density at radius 3 is 2.94 bits per heavy atom. The number of hydrogen-bond donors (Lipinski definition) is 1. The third kappa shape index (κ3) is 3.29. The molecule has 0 aromatic carbocycles. The summed E-state index contributed by atoms with van der Waals surface area (Å²) in [6, 6.07) is 0.795. The van der Waals surface area contributed by atoms with Crippen LogP contribution in [-0.2, 0) is 11.3 Å². The third-order valence-corrected chi connectivity index (χ3v) is 3.49. The predicted octanol–water partition coefficient (Wildman–Crippen LogP) is 1.91. The molecule has 1 aliphatic rings. The highest BCUT2D eigenvalue weighted by Crippen LogP contribution is 2.17. The zero-order valence-corrected chi connectivity index (χ0v) is 11.6. The molecule has 18 heavy (non-hydrogen) atoms. The second-order valence-corrected chi connectivity index (χ2v) is 5.23. The van der Waals surface area contributed by atoms with Gasteiger partial charge in [0.25, 0.3) is 0 Å². The van der Waals surface area contributed by atoms with Crippen molar-refractivity contribution in [3.8, 4) is 0 Å². The Bertz CT molecular complexity index is 358. The van der Waals surface area contributed by atoms with Crippen molar-refractivity contribution >= 4 is 0 Å². The van der Waals surface area contributed by atoms with E-state index in [1.807, 2.05) is 10.9 Å². The monoisotopic (exact) mass is 252 g/mol. The molecule has 2 atom stereocenters. The fourth-order valence-electron chi connectivity index (χ4n) is 2.34. The van der Waals surface area contributed by atoms with Crippen LogP contribution < -0.4 is 5.32 Å². The summed E-state index contributed by atoms with van der Waals surface area (Å²) < 4.78 is 7.63. The molecule has 1 aromatic rings. The molecule has 1 aliphatic heterocycles. The number of hydrogen-bond acceptors (Lipinski definition) is 4. The molecular formula is C13H24N4O. The summed E-state index contributed by atoms with van der Waals surface area (Å²) in [6.45, 7) is 8.09. The van der Waals surface area contributed by atoms with Crippen LogP contribution in [0.1, 0.15) is 51.8 Å². The van der Waals surface area contributed by atoms with E-state index in [-0.39, 0.29) is 0 Å². The highest BCUT2D eigenvalue weighted by molar-refractivity contribution is 4.94. The van der Waals surface area contributed by atoms with Gasteiger partial charge in [-0.3, -0.25) is 0 Å². The van der Waals surface area contributed by atoms with Crippen LogP contribution in [0.25, 0.3) is 0 Å². The zero-order valence-electron chi connectivity index (χ0n) is 11.6. The Hall–Kier alpha value is -0.940. The molecular weight excluding hydrogens is 228 g/mol. The molecule has 0 radical (unpaired) electrons. The van der Waals surface area contributed by atoms with Crippen molar-refractivity contribution in [1.29, 1.82) is 0 Å². The fourth-order valence-corrected chi connectivity index (χ4v) is 2.34. The van der Waals surface area contributed by atoms with E-state index in [0.717, 1.165) is 25.3 Å². The lowest BCUT2D eigenvalue weighted by Crippen LogP contribution is -2.38. The Balaban J connectivity index is 1.84. The van der Waals surface area contributed by atoms with Gasteiger partial charge in [0.15, 0.2) is 0 Å². The number of nitrogens with zero attached hydrogens (tertiary/aromatic N) is 3. The number of nitrogens with one attached hydrogen (secondary N) is 1. The smallest absolute Gasteiger partial charge is 0.0965 e. The van der Waals surface area contributed by atoms with Gasteiger partial charge in [0, 0.05) is 25.2 Å². The Kier molecular flexibility index (Phi) is 4.72. The van der Waals surface area contributed by atoms with Crippen LogP contribution >= 0.6 is 0 Å². The molecule has 0 saturated carbocycles. The SMILES string of the molecule is CC[C@H](NCc1cn(C(C)C)nn1)[C@@H]1CCCO1. The summed E-state index contributed by atoms with van der Waals surface area (Å²) >= 11 is 0. The van der Waals surface area contributed by atoms with Gasteiger partial charge in [-0.1, -0.05) is 12.1 Å². The van der Waals surface area contributed by atoms with E-state index in [0.29, 0.717) is 18.2 Å². The van der Waals surface area contributed by atoms with E-state index in [1.165, 1.54) is 12.8 Å². The lowest BCUT2D eigenvalue weighted by Gasteiger charge is -2.22. The van der Waals surface area contributed by atoms with Crippen molar-refractivity contribution in [2.24, 2.45) is 0 Å². The second-order valence-electron chi connectivity index (χ2n) is 5.23. The molecule has 0 amide bonds. The first-order chi connectivity index (χ1) is 8.70. The molecule has 1 aromatic heterocycles. The largest absolute Gasteiger partial charge is 0.377 e. The first kappa shape index (κ1) is 13.5. The van der Waals surface area contributed by atoms with Gasteiger partial charge >= 0.3 is 0 Å². The summed E-state index contributed by atoms with van der Waals surface area (Å²) in [6.07, 6.45) is 5.83. The van der Waals surface area contributed by atoms with Crippen molar-refractivity contribution < 1.29 is 4.74 Å². The van der Waals surface area contributed by atoms with Crippen LogP contribution in [0.15, 0.2) is 6.20 Å². The van der Waals surface area contributed by atoms with Crippen molar-refractivity contribution in [1.82, 2.24) is 20.3 Å². The minimum atomic E-state index is 0.367. The van der Waals surface area contributed by atoms with Gasteiger partial charge in [0.05, 0.1) is 18.0 Å². The summed E-state index contributed by atoms with van der Waals surface area (Å²) in [5.41, 5.74) is 1.00. The van der Waals surface area contributed by atoms with Crippen LogP contribution in [0.5, 0.6) is 0 Å². The minimum absolute atomic E-state index is 0.367. The van der Waals surface area contributed by atoms with E-state index < -0.39 is 0 Å². The standard InChI is InChI=1S/C13H24N4O/c1-4-12(13-6-5-7-18-13)14-8-11-9-17(10(2)3)16-15-11/h9-10,12-14H,4-8H2,1-3H3/t12-,13-/m0/s1. The van der Waals surface area contributed by atoms with Gasteiger partial charge in [0.2, 0.25) is 0 Å². The van der Waals surface area contributed by atoms with Crippen molar-refractivity contribution in [2.75, 3.05) is 6.61 Å². The highest BCUT2D eigenvalue weighted by atomic mass is 16.5. The van der Waals surface area contributed by atoms with Crippen molar-refractivity contribution in [2.45, 2.75) is 64.8 Å². The zero-order chi connectivity index (χ0) is 13.0. The van der Waals surface area contributed by atoms with Crippen molar-refractivity contribution in [3.05, 3.63) is 11.9 Å². The molecule has 102 valence electrons. The molecule has 0 bridgehead atoms. The van der Waals surface area contributed by atoms with Gasteiger partial charge < -0.3 is 10.1 Å². The van der Waals surface area contributed by atoms with Crippen molar-refractivity contribution in [3.63, 3.8) is 0 Å². The Morgan fingerprint density at radius 2 is 2.39 bits per heavy atom. The number of rotatable bonds is 6. The Morgan fingerprint density at radius 1 is 1.56 bits per heavy atom. The molecule has 1 saturated heterocycles. The first-order valence-electron chi connectivity index (χ1n) is 6.96. The average molecular weight is 252 g/mol. The molecule has 0 unspecified atom stereocenters. The molecule has 1 N–H and O–H groups in total. The summed E-state index contributed by atoms with van der Waals surface area (Å²) in [7, 11) is 0. The third-order valence-electron chi connectivity index (χ3n) is 3.49. The molecule has 5 heteroatoms. The normalized spacial score (nSPS) is 21.7. The van der Waals surface area contributed by atoms with E-state index in [2.05, 4.69) is 36.4 Å². The maximum atomic E-state index is 5.73.